The number of nitrogens with one attached hydrogen (secondary N) is 2. The highest BCUT2D eigenvalue weighted by molar-refractivity contribution is 7.78. The second-order valence-electron chi connectivity index (χ2n) is 4.48. The highest BCUT2D eigenvalue weighted by atomic mass is 32.1. The summed E-state index contributed by atoms with van der Waals surface area (Å²) in [5.41, 5.74) is 5.75. The molecule has 0 spiro atoms. The van der Waals surface area contributed by atoms with E-state index in [1.54, 1.807) is 24.3 Å². The Hall–Kier alpha value is -2.54. The molecule has 1 rings (SSSR count). The summed E-state index contributed by atoms with van der Waals surface area (Å²) >= 11 is 4.64. The number of hydrazone groups is 1. The molecule has 0 unspecified atom stereocenters. The molecule has 0 aromatic rings. The first-order valence-corrected chi connectivity index (χ1v) is 7.48. The minimum atomic E-state index is -0.391. The number of hydrogen-bond acceptors (Lipinski definition) is 4. The van der Waals surface area contributed by atoms with E-state index in [-0.39, 0.29) is 18.2 Å². The fourth-order valence-electron chi connectivity index (χ4n) is 2.22. The van der Waals surface area contributed by atoms with Crippen molar-refractivity contribution in [3.63, 3.8) is 0 Å². The summed E-state index contributed by atoms with van der Waals surface area (Å²) in [6.07, 6.45) is 6.96. The van der Waals surface area contributed by atoms with Gasteiger partial charge in [0.05, 0.1) is 12.0 Å². The van der Waals surface area contributed by atoms with E-state index in [1.165, 1.54) is 17.4 Å². The van der Waals surface area contributed by atoms with Gasteiger partial charge in [-0.15, -0.1) is 0 Å². The van der Waals surface area contributed by atoms with Gasteiger partial charge in [0.2, 0.25) is 0 Å². The van der Waals surface area contributed by atoms with Crippen LogP contribution in [0, 0.1) is 0 Å². The van der Waals surface area contributed by atoms with Gasteiger partial charge in [-0.25, -0.2) is 0 Å². The molecule has 1 heterocycles. The number of carbonyl (C=O) groups is 2. The maximum Gasteiger partial charge on any atom is 0.269 e. The molecule has 2 N–H and O–H groups in total. The molecule has 23 heavy (non-hydrogen) atoms. The van der Waals surface area contributed by atoms with Crippen LogP contribution < -0.4 is 10.7 Å². The van der Waals surface area contributed by atoms with Gasteiger partial charge in [-0.1, -0.05) is 43.1 Å². The first kappa shape index (κ1) is 18.5. The van der Waals surface area contributed by atoms with Crippen molar-refractivity contribution < 1.29 is 9.59 Å². The average Bonchev–Trinajstić information content (AvgIpc) is 2.82. The molecular formula is C16H20N4O2S. The quantitative estimate of drug-likeness (QED) is 0.420. The number of nitrogens with zero attached hydrogens (tertiary/aromatic N) is 2. The smallest absolute Gasteiger partial charge is 0.269 e. The Balaban J connectivity index is 3.23. The van der Waals surface area contributed by atoms with E-state index in [9.17, 15) is 9.59 Å². The van der Waals surface area contributed by atoms with Crippen molar-refractivity contribution in [3.8, 4) is 0 Å². The van der Waals surface area contributed by atoms with E-state index in [0.29, 0.717) is 11.3 Å². The van der Waals surface area contributed by atoms with E-state index in [2.05, 4.69) is 34.6 Å². The van der Waals surface area contributed by atoms with Crippen LogP contribution in [-0.4, -0.2) is 41.5 Å². The van der Waals surface area contributed by atoms with Crippen molar-refractivity contribution >= 4 is 35.2 Å². The molecule has 0 aromatic heterocycles. The highest BCUT2D eigenvalue weighted by Crippen LogP contribution is 2.30. The van der Waals surface area contributed by atoms with Crippen molar-refractivity contribution in [2.24, 2.45) is 5.10 Å². The third-order valence-corrected chi connectivity index (χ3v) is 3.30. The summed E-state index contributed by atoms with van der Waals surface area (Å²) in [6.45, 7) is 7.45. The molecule has 122 valence electrons. The molecule has 0 bridgehead atoms. The molecule has 0 saturated carbocycles. The maximum atomic E-state index is 12.6. The van der Waals surface area contributed by atoms with E-state index in [0.717, 1.165) is 5.57 Å². The Morgan fingerprint density at radius 1 is 1.39 bits per heavy atom. The fourth-order valence-corrected chi connectivity index (χ4v) is 2.27. The SMILES string of the molecule is C=CC1=C(/C=C\C)C(=O)N(C/C(=N/NC=S)C(=O)NC)/C1=C/C. The molecule has 0 saturated heterocycles. The van der Waals surface area contributed by atoms with Crippen molar-refractivity contribution in [1.82, 2.24) is 15.6 Å². The lowest BCUT2D eigenvalue weighted by Gasteiger charge is -2.19. The molecule has 1 aliphatic rings. The predicted molar refractivity (Wildman–Crippen MR) is 95.8 cm³/mol. The Morgan fingerprint density at radius 3 is 2.57 bits per heavy atom. The van der Waals surface area contributed by atoms with Gasteiger partial charge in [-0.2, -0.15) is 5.10 Å². The predicted octanol–water partition coefficient (Wildman–Crippen LogP) is 1.44. The Kier molecular flexibility index (Phi) is 7.08. The Labute approximate surface area is 141 Å². The summed E-state index contributed by atoms with van der Waals surface area (Å²) in [5, 5.41) is 6.41. The van der Waals surface area contributed by atoms with Crippen LogP contribution >= 0.6 is 12.2 Å². The number of rotatable bonds is 7. The minimum absolute atomic E-state index is 0.0206. The standard InChI is InChI=1S/C16H20N4O2S/c1-5-8-12-11(6-2)14(7-3)20(16(12)22)9-13(15(21)17-4)19-18-10-23/h5-8,10H,2,9H2,1,3-4H3,(H,17,21)(H,18,23)/b8-5-,14-7+,19-13-. The third kappa shape index (κ3) is 4.01. The maximum absolute atomic E-state index is 12.6. The van der Waals surface area contributed by atoms with Gasteiger partial charge in [0, 0.05) is 23.9 Å². The van der Waals surface area contributed by atoms with Crippen molar-refractivity contribution in [2.45, 2.75) is 13.8 Å². The normalized spacial score (nSPS) is 17.2. The molecule has 7 heteroatoms. The highest BCUT2D eigenvalue weighted by Gasteiger charge is 2.33. The van der Waals surface area contributed by atoms with Gasteiger partial charge in [0.25, 0.3) is 11.8 Å². The van der Waals surface area contributed by atoms with Crippen LogP contribution in [0.4, 0.5) is 0 Å². The van der Waals surface area contributed by atoms with Crippen LogP contribution in [-0.2, 0) is 9.59 Å². The number of hydrogen-bond donors (Lipinski definition) is 2. The molecule has 2 amide bonds. The van der Waals surface area contributed by atoms with Crippen molar-refractivity contribution in [3.05, 3.63) is 47.7 Å². The van der Waals surface area contributed by atoms with Crippen LogP contribution in [0.15, 0.2) is 52.8 Å². The zero-order valence-electron chi connectivity index (χ0n) is 13.4. The zero-order valence-corrected chi connectivity index (χ0v) is 14.2. The van der Waals surface area contributed by atoms with Gasteiger partial charge in [0.1, 0.15) is 5.71 Å². The van der Waals surface area contributed by atoms with E-state index >= 15 is 0 Å². The van der Waals surface area contributed by atoms with Gasteiger partial charge in [-0.3, -0.25) is 15.0 Å². The van der Waals surface area contributed by atoms with Crippen LogP contribution in [0.5, 0.6) is 0 Å². The lowest BCUT2D eigenvalue weighted by Crippen LogP contribution is -2.40. The number of thiocarbonyl (C=S) groups is 1. The first-order valence-electron chi connectivity index (χ1n) is 7.01. The topological polar surface area (TPSA) is 73.8 Å². The fraction of sp³-hybridized carbons (Fsp3) is 0.250. The Morgan fingerprint density at radius 2 is 2.09 bits per heavy atom. The molecule has 0 aliphatic carbocycles. The van der Waals surface area contributed by atoms with E-state index < -0.39 is 5.91 Å². The molecule has 1 aliphatic heterocycles. The molecular weight excluding hydrogens is 312 g/mol. The van der Waals surface area contributed by atoms with Crippen LogP contribution in [0.3, 0.4) is 0 Å². The summed E-state index contributed by atoms with van der Waals surface area (Å²) in [6, 6.07) is 0. The second-order valence-corrected chi connectivity index (χ2v) is 4.72. The van der Waals surface area contributed by atoms with Gasteiger partial charge < -0.3 is 10.2 Å². The minimum Gasteiger partial charge on any atom is -0.354 e. The number of allylic oxidation sites excluding steroid dienone is 3. The van der Waals surface area contributed by atoms with Crippen LogP contribution in [0.1, 0.15) is 13.8 Å². The lowest BCUT2D eigenvalue weighted by atomic mass is 10.1. The molecule has 0 fully saturated rings. The van der Waals surface area contributed by atoms with Crippen LogP contribution in [0.25, 0.3) is 0 Å². The summed E-state index contributed by atoms with van der Waals surface area (Å²) in [7, 11) is 1.50. The zero-order chi connectivity index (χ0) is 17.4. The number of carbonyl (C=O) groups excluding carboxylic acids is 2. The van der Waals surface area contributed by atoms with E-state index in [1.807, 2.05) is 13.8 Å². The summed E-state index contributed by atoms with van der Waals surface area (Å²) in [4.78, 5) is 26.1. The molecule has 0 atom stereocenters. The van der Waals surface area contributed by atoms with Crippen molar-refractivity contribution in [2.75, 3.05) is 13.6 Å². The third-order valence-electron chi connectivity index (χ3n) is 3.19. The number of amides is 2. The average molecular weight is 332 g/mol. The lowest BCUT2D eigenvalue weighted by molar-refractivity contribution is -0.123. The van der Waals surface area contributed by atoms with E-state index in [4.69, 9.17) is 0 Å². The molecule has 6 nitrogen and oxygen atoms in total. The van der Waals surface area contributed by atoms with Crippen LogP contribution in [0.2, 0.25) is 0 Å². The van der Waals surface area contributed by atoms with Gasteiger partial charge >= 0.3 is 0 Å². The van der Waals surface area contributed by atoms with Gasteiger partial charge in [0.15, 0.2) is 0 Å². The second kappa shape index (κ2) is 8.79. The summed E-state index contributed by atoms with van der Waals surface area (Å²) < 4.78 is 0. The summed E-state index contributed by atoms with van der Waals surface area (Å²) in [5.74, 6) is -0.595. The Bertz CT molecular complexity index is 644. The monoisotopic (exact) mass is 332 g/mol. The van der Waals surface area contributed by atoms with Crippen molar-refractivity contribution in [1.29, 1.82) is 0 Å². The largest absolute Gasteiger partial charge is 0.354 e. The first-order chi connectivity index (χ1) is 11.0. The molecule has 0 radical (unpaired) electrons. The molecule has 0 aromatic carbocycles. The van der Waals surface area contributed by atoms with Gasteiger partial charge in [-0.05, 0) is 13.8 Å².